The smallest absolute Gasteiger partial charge is 0.305 e. The summed E-state index contributed by atoms with van der Waals surface area (Å²) in [6.45, 7) is 4.86. The highest BCUT2D eigenvalue weighted by Crippen LogP contribution is 2.16. The Morgan fingerprint density at radius 2 is 0.723 bits per heavy atom. The van der Waals surface area contributed by atoms with Crippen molar-refractivity contribution in [3.8, 4) is 0 Å². The summed E-state index contributed by atoms with van der Waals surface area (Å²) in [5, 5.41) is 22.9. The fourth-order valence-corrected chi connectivity index (χ4v) is 8.68. The molecule has 0 aliphatic heterocycles. The molecule has 6 heteroatoms. The number of rotatable bonds is 53. The van der Waals surface area contributed by atoms with E-state index in [2.05, 4.69) is 43.5 Å². The molecular formula is C59H111NO5. The number of amides is 1. The zero-order valence-corrected chi connectivity index (χ0v) is 43.5. The van der Waals surface area contributed by atoms with Crippen molar-refractivity contribution in [2.24, 2.45) is 0 Å². The van der Waals surface area contributed by atoms with Gasteiger partial charge in [0.15, 0.2) is 0 Å². The minimum atomic E-state index is -0.844. The summed E-state index contributed by atoms with van der Waals surface area (Å²) in [6.07, 6.45) is 67.5. The highest BCUT2D eigenvalue weighted by Gasteiger charge is 2.18. The molecule has 2 unspecified atom stereocenters. The van der Waals surface area contributed by atoms with Gasteiger partial charge < -0.3 is 20.3 Å². The van der Waals surface area contributed by atoms with Gasteiger partial charge in [0.25, 0.3) is 0 Å². The molecule has 0 radical (unpaired) electrons. The third kappa shape index (κ3) is 51.3. The second-order valence-corrected chi connectivity index (χ2v) is 19.6. The third-order valence-electron chi connectivity index (χ3n) is 13.1. The molecule has 0 aromatic carbocycles. The van der Waals surface area contributed by atoms with Crippen LogP contribution in [0.5, 0.6) is 0 Å². The number of unbranched alkanes of at least 4 members (excludes halogenated alkanes) is 38. The molecule has 65 heavy (non-hydrogen) atoms. The van der Waals surface area contributed by atoms with Gasteiger partial charge in [0.05, 0.1) is 25.4 Å². The number of aliphatic hydroxyl groups is 2. The van der Waals surface area contributed by atoms with Gasteiger partial charge in [-0.25, -0.2) is 0 Å². The molecule has 0 spiro atoms. The molecule has 2 atom stereocenters. The quantitative estimate of drug-likeness (QED) is 0.0321. The van der Waals surface area contributed by atoms with E-state index in [9.17, 15) is 19.8 Å². The summed E-state index contributed by atoms with van der Waals surface area (Å²) in [7, 11) is 0. The number of carbonyl (C=O) groups excluding carboxylic acids is 2. The second kappa shape index (κ2) is 54.7. The van der Waals surface area contributed by atoms with Gasteiger partial charge in [-0.2, -0.15) is 0 Å². The molecule has 0 aliphatic rings. The maximum Gasteiger partial charge on any atom is 0.305 e. The van der Waals surface area contributed by atoms with E-state index in [1.807, 2.05) is 6.08 Å². The predicted molar refractivity (Wildman–Crippen MR) is 283 cm³/mol. The summed E-state index contributed by atoms with van der Waals surface area (Å²) < 4.78 is 5.47. The molecule has 0 bridgehead atoms. The maximum atomic E-state index is 12.4. The lowest BCUT2D eigenvalue weighted by atomic mass is 10.0. The Bertz CT molecular complexity index is 1060. The molecule has 0 aromatic rings. The van der Waals surface area contributed by atoms with Gasteiger partial charge >= 0.3 is 5.97 Å². The highest BCUT2D eigenvalue weighted by molar-refractivity contribution is 5.76. The number of hydrogen-bond donors (Lipinski definition) is 3. The lowest BCUT2D eigenvalue weighted by Crippen LogP contribution is -2.45. The van der Waals surface area contributed by atoms with Crippen LogP contribution in [0.2, 0.25) is 0 Å². The monoisotopic (exact) mass is 914 g/mol. The zero-order chi connectivity index (χ0) is 47.2. The number of carbonyl (C=O) groups is 2. The number of ether oxygens (including phenoxy) is 1. The number of allylic oxidation sites excluding steroid dienone is 5. The highest BCUT2D eigenvalue weighted by atomic mass is 16.5. The summed E-state index contributed by atoms with van der Waals surface area (Å²) in [5.41, 5.74) is 0. The fourth-order valence-electron chi connectivity index (χ4n) is 8.68. The molecule has 382 valence electrons. The molecule has 1 amide bonds. The molecule has 0 heterocycles. The summed E-state index contributed by atoms with van der Waals surface area (Å²) >= 11 is 0. The van der Waals surface area contributed by atoms with Crippen molar-refractivity contribution in [3.05, 3.63) is 36.5 Å². The zero-order valence-electron chi connectivity index (χ0n) is 43.5. The van der Waals surface area contributed by atoms with Crippen molar-refractivity contribution in [2.75, 3.05) is 13.2 Å². The first-order valence-electron chi connectivity index (χ1n) is 28.8. The van der Waals surface area contributed by atoms with E-state index in [-0.39, 0.29) is 18.5 Å². The Morgan fingerprint density at radius 1 is 0.415 bits per heavy atom. The maximum absolute atomic E-state index is 12.4. The van der Waals surface area contributed by atoms with E-state index in [1.54, 1.807) is 6.08 Å². The van der Waals surface area contributed by atoms with Gasteiger partial charge in [-0.15, -0.1) is 0 Å². The average molecular weight is 915 g/mol. The molecule has 3 N–H and O–H groups in total. The Labute approximate surface area is 404 Å². The van der Waals surface area contributed by atoms with Crippen LogP contribution in [0.25, 0.3) is 0 Å². The Morgan fingerprint density at radius 3 is 1.09 bits per heavy atom. The minimum absolute atomic E-state index is 0.00397. The molecule has 0 rings (SSSR count). The summed E-state index contributed by atoms with van der Waals surface area (Å²) in [6, 6.07) is -0.628. The molecule has 0 saturated carbocycles. The number of aliphatic hydroxyl groups excluding tert-OH is 2. The van der Waals surface area contributed by atoms with E-state index < -0.39 is 12.1 Å². The summed E-state index contributed by atoms with van der Waals surface area (Å²) in [4.78, 5) is 24.4. The Balaban J connectivity index is 3.39. The van der Waals surface area contributed by atoms with Crippen LogP contribution in [0.15, 0.2) is 36.5 Å². The first-order chi connectivity index (χ1) is 32.0. The van der Waals surface area contributed by atoms with Crippen LogP contribution in [0.3, 0.4) is 0 Å². The van der Waals surface area contributed by atoms with Gasteiger partial charge in [-0.1, -0.05) is 243 Å². The topological polar surface area (TPSA) is 95.9 Å². The molecule has 0 aliphatic carbocycles. The fraction of sp³-hybridized carbons (Fsp3) is 0.864. The SMILES string of the molecule is CCCCCCC/C=C\CCCCCCCC(=O)OCCCCCCCCCCCCCC/C=C\CCCCCCCCCCCC(=O)NC(CO)C(O)/C=C/CCCCCCCCC. The molecule has 0 saturated heterocycles. The van der Waals surface area contributed by atoms with Crippen LogP contribution in [-0.4, -0.2) is 47.4 Å². The number of nitrogens with one attached hydrogen (secondary N) is 1. The first kappa shape index (κ1) is 63.1. The second-order valence-electron chi connectivity index (χ2n) is 19.6. The van der Waals surface area contributed by atoms with E-state index in [0.29, 0.717) is 19.4 Å². The Hall–Kier alpha value is -1.92. The van der Waals surface area contributed by atoms with Crippen molar-refractivity contribution in [1.29, 1.82) is 0 Å². The predicted octanol–water partition coefficient (Wildman–Crippen LogP) is 17.6. The standard InChI is InChI=1S/C59H111NO5/c1-3-5-7-9-11-13-14-15-30-33-37-41-45-49-53-59(64)65-54-50-46-42-38-34-31-28-26-24-22-20-18-16-17-19-21-23-25-27-29-32-36-40-44-48-52-58(63)60-56(55-61)57(62)51-47-43-39-35-12-10-8-6-4-2/h14-15,17,19,47,51,56-57,61-62H,3-13,16,18,20-46,48-50,52-55H2,1-2H3,(H,60,63)/b15-14-,19-17-,51-47+. The molecular weight excluding hydrogens is 803 g/mol. The first-order valence-corrected chi connectivity index (χ1v) is 28.8. The third-order valence-corrected chi connectivity index (χ3v) is 13.1. The minimum Gasteiger partial charge on any atom is -0.466 e. The van der Waals surface area contributed by atoms with Crippen LogP contribution in [0.1, 0.15) is 303 Å². The average Bonchev–Trinajstić information content (AvgIpc) is 3.31. The van der Waals surface area contributed by atoms with Crippen LogP contribution in [0, 0.1) is 0 Å². The van der Waals surface area contributed by atoms with Crippen LogP contribution >= 0.6 is 0 Å². The molecule has 0 aromatic heterocycles. The van der Waals surface area contributed by atoms with Crippen molar-refractivity contribution < 1.29 is 24.5 Å². The molecule has 6 nitrogen and oxygen atoms in total. The van der Waals surface area contributed by atoms with Gasteiger partial charge in [-0.05, 0) is 83.5 Å². The van der Waals surface area contributed by atoms with E-state index in [1.165, 1.54) is 231 Å². The van der Waals surface area contributed by atoms with Gasteiger partial charge in [-0.3, -0.25) is 9.59 Å². The van der Waals surface area contributed by atoms with Crippen molar-refractivity contribution >= 4 is 11.9 Å². The van der Waals surface area contributed by atoms with E-state index in [0.717, 1.165) is 44.9 Å². The summed E-state index contributed by atoms with van der Waals surface area (Å²) in [5.74, 6) is -0.0700. The normalized spacial score (nSPS) is 12.9. The van der Waals surface area contributed by atoms with Crippen LogP contribution in [-0.2, 0) is 14.3 Å². The molecule has 0 fully saturated rings. The number of esters is 1. The van der Waals surface area contributed by atoms with Gasteiger partial charge in [0.1, 0.15) is 0 Å². The van der Waals surface area contributed by atoms with Crippen LogP contribution in [0.4, 0.5) is 0 Å². The largest absolute Gasteiger partial charge is 0.466 e. The van der Waals surface area contributed by atoms with Gasteiger partial charge in [0, 0.05) is 12.8 Å². The van der Waals surface area contributed by atoms with E-state index >= 15 is 0 Å². The Kier molecular flexibility index (Phi) is 53.1. The van der Waals surface area contributed by atoms with E-state index in [4.69, 9.17) is 4.74 Å². The van der Waals surface area contributed by atoms with Gasteiger partial charge in [0.2, 0.25) is 5.91 Å². The lowest BCUT2D eigenvalue weighted by molar-refractivity contribution is -0.143. The lowest BCUT2D eigenvalue weighted by Gasteiger charge is -2.20. The van der Waals surface area contributed by atoms with Crippen molar-refractivity contribution in [1.82, 2.24) is 5.32 Å². The number of hydrogen-bond acceptors (Lipinski definition) is 5. The van der Waals surface area contributed by atoms with Crippen LogP contribution < -0.4 is 5.32 Å². The van der Waals surface area contributed by atoms with Crippen molar-refractivity contribution in [3.63, 3.8) is 0 Å². The van der Waals surface area contributed by atoms with Crippen molar-refractivity contribution in [2.45, 2.75) is 315 Å².